The van der Waals surface area contributed by atoms with Gasteiger partial charge in [-0.15, -0.1) is 0 Å². The second kappa shape index (κ2) is 23.0. The lowest BCUT2D eigenvalue weighted by atomic mass is 9.96. The van der Waals surface area contributed by atoms with Crippen LogP contribution in [0.5, 0.6) is 0 Å². The van der Waals surface area contributed by atoms with Crippen molar-refractivity contribution in [3.63, 3.8) is 0 Å². The van der Waals surface area contributed by atoms with Gasteiger partial charge < -0.3 is 22.7 Å². The Bertz CT molecular complexity index is 6370. The molecule has 0 bridgehead atoms. The molecule has 460 valence electrons. The van der Waals surface area contributed by atoms with Crippen molar-refractivity contribution in [2.75, 3.05) is 0 Å². The zero-order valence-electron chi connectivity index (χ0n) is 53.2. The number of hydrogen-bond acceptors (Lipinski definition) is 4. The summed E-state index contributed by atoms with van der Waals surface area (Å²) in [6, 6.07) is 113. The second-order valence-electron chi connectivity index (χ2n) is 25.0. The normalized spacial score (nSPS) is 11.6. The average molecular weight is 1260 g/mol. The van der Waals surface area contributed by atoms with E-state index in [0.717, 1.165) is 111 Å². The van der Waals surface area contributed by atoms with E-state index in [4.69, 9.17) is 11.0 Å². The van der Waals surface area contributed by atoms with Gasteiger partial charge >= 0.3 is 0 Å². The zero-order chi connectivity index (χ0) is 65.7. The molecule has 0 N–H and O–H groups in total. The highest BCUT2D eigenvalue weighted by Crippen LogP contribution is 2.43. The van der Waals surface area contributed by atoms with Gasteiger partial charge in [-0.05, 0) is 185 Å². The molecular formula is C90H54N8O. The van der Waals surface area contributed by atoms with Crippen LogP contribution >= 0.6 is 0 Å². The van der Waals surface area contributed by atoms with E-state index >= 15 is 0 Å². The molecule has 0 aliphatic carbocycles. The van der Waals surface area contributed by atoms with E-state index in [-0.39, 0.29) is 0 Å². The number of pyridine rings is 2. The molecule has 99 heavy (non-hydrogen) atoms. The highest BCUT2D eigenvalue weighted by molar-refractivity contribution is 6.15. The summed E-state index contributed by atoms with van der Waals surface area (Å²) in [5, 5.41) is 20.8. The maximum atomic E-state index is 9.54. The lowest BCUT2D eigenvalue weighted by Gasteiger charge is -2.14. The molecule has 0 atom stereocenters. The third-order valence-corrected chi connectivity index (χ3v) is 19.6. The van der Waals surface area contributed by atoms with Crippen molar-refractivity contribution in [2.24, 2.45) is 0 Å². The first kappa shape index (κ1) is 56.7. The molecule has 20 aromatic rings. The summed E-state index contributed by atoms with van der Waals surface area (Å²) in [6.45, 7) is 7.52. The van der Waals surface area contributed by atoms with Crippen LogP contribution in [0, 0.1) is 17.9 Å². The topological polar surface area (TPSA) is 86.8 Å². The van der Waals surface area contributed by atoms with Gasteiger partial charge in [-0.3, -0.25) is 9.97 Å². The van der Waals surface area contributed by atoms with E-state index in [1.807, 2.05) is 103 Å². The van der Waals surface area contributed by atoms with E-state index in [9.17, 15) is 5.26 Å². The number of para-hydroxylation sites is 4. The summed E-state index contributed by atoms with van der Waals surface area (Å²) < 4.78 is 15.7. The number of benzene rings is 13. The number of fused-ring (bicyclic) bond motifs is 15. The van der Waals surface area contributed by atoms with Crippen molar-refractivity contribution >= 4 is 115 Å². The second-order valence-corrected chi connectivity index (χ2v) is 25.0. The molecule has 0 unspecified atom stereocenters. The molecule has 9 heteroatoms. The van der Waals surface area contributed by atoms with Gasteiger partial charge in [0.05, 0.1) is 73.7 Å². The fourth-order valence-corrected chi connectivity index (χ4v) is 15.2. The first-order chi connectivity index (χ1) is 49.0. The molecule has 7 aromatic heterocycles. The fourth-order valence-electron chi connectivity index (χ4n) is 15.2. The van der Waals surface area contributed by atoms with Crippen LogP contribution in [0.3, 0.4) is 0 Å². The van der Waals surface area contributed by atoms with Crippen molar-refractivity contribution in [1.82, 2.24) is 28.2 Å². The summed E-state index contributed by atoms with van der Waals surface area (Å²) in [7, 11) is 0. The molecule has 0 amide bonds. The zero-order valence-corrected chi connectivity index (χ0v) is 53.2. The SMILES string of the molecule is [C-]#[N+]c1ccc2c(c1)c1ccccc1n2-c1ccc2oc3ccc(-n4c5ccccc5c5cc(C#N)ccc54)cc3c2c1.c1ccc(-c2ccccc2-c2ccc3c(c2)c2ccccc2n3-c2cccc(-n3c4ccccc4c4cc(-c5ccccc5-c5ccccn5)ccc43)c2)nc1. The van der Waals surface area contributed by atoms with Crippen LogP contribution < -0.4 is 0 Å². The molecule has 0 spiro atoms. The van der Waals surface area contributed by atoms with Gasteiger partial charge in [-0.25, -0.2) is 4.85 Å². The Balaban J connectivity index is 0.000000143. The first-order valence-corrected chi connectivity index (χ1v) is 33.0. The highest BCUT2D eigenvalue weighted by atomic mass is 16.3. The Morgan fingerprint density at radius 3 is 1.10 bits per heavy atom. The quantitative estimate of drug-likeness (QED) is 0.142. The largest absolute Gasteiger partial charge is 0.456 e. The lowest BCUT2D eigenvalue weighted by molar-refractivity contribution is 0.669. The first-order valence-electron chi connectivity index (χ1n) is 33.0. The Labute approximate surface area is 567 Å². The van der Waals surface area contributed by atoms with Crippen molar-refractivity contribution in [2.45, 2.75) is 0 Å². The van der Waals surface area contributed by atoms with Crippen molar-refractivity contribution < 1.29 is 4.42 Å². The predicted octanol–water partition coefficient (Wildman–Crippen LogP) is 23.5. The predicted molar refractivity (Wildman–Crippen MR) is 406 cm³/mol. The van der Waals surface area contributed by atoms with Crippen LogP contribution in [0.15, 0.2) is 332 Å². The summed E-state index contributed by atoms with van der Waals surface area (Å²) >= 11 is 0. The van der Waals surface area contributed by atoms with Gasteiger partial charge in [0.15, 0.2) is 5.69 Å². The lowest BCUT2D eigenvalue weighted by Crippen LogP contribution is -1.98. The summed E-state index contributed by atoms with van der Waals surface area (Å²) in [5.74, 6) is 0. The van der Waals surface area contributed by atoms with E-state index in [2.05, 4.69) is 264 Å². The fraction of sp³-hybridized carbons (Fsp3) is 0. The van der Waals surface area contributed by atoms with Gasteiger partial charge in [-0.2, -0.15) is 5.26 Å². The Morgan fingerprint density at radius 1 is 0.293 bits per heavy atom. The molecular weight excluding hydrogens is 1210 g/mol. The molecule has 0 saturated carbocycles. The summed E-state index contributed by atoms with van der Waals surface area (Å²) in [5.41, 5.74) is 25.1. The van der Waals surface area contributed by atoms with Gasteiger partial charge in [0, 0.05) is 94.7 Å². The number of aromatic nitrogens is 6. The van der Waals surface area contributed by atoms with Crippen molar-refractivity contribution in [3.8, 4) is 73.6 Å². The number of hydrogen-bond donors (Lipinski definition) is 0. The molecule has 0 radical (unpaired) electrons. The molecule has 0 aliphatic heterocycles. The van der Waals surface area contributed by atoms with Crippen molar-refractivity contribution in [1.29, 1.82) is 5.26 Å². The Kier molecular flexibility index (Phi) is 13.1. The minimum absolute atomic E-state index is 0.633. The monoisotopic (exact) mass is 1260 g/mol. The highest BCUT2D eigenvalue weighted by Gasteiger charge is 2.22. The maximum Gasteiger partial charge on any atom is 0.188 e. The summed E-state index contributed by atoms with van der Waals surface area (Å²) in [6.07, 6.45) is 3.72. The van der Waals surface area contributed by atoms with Gasteiger partial charge in [0.2, 0.25) is 0 Å². The Morgan fingerprint density at radius 2 is 0.667 bits per heavy atom. The Hall–Kier alpha value is -13.9. The van der Waals surface area contributed by atoms with Gasteiger partial charge in [0.1, 0.15) is 11.2 Å². The third-order valence-electron chi connectivity index (χ3n) is 19.6. The smallest absolute Gasteiger partial charge is 0.188 e. The van der Waals surface area contributed by atoms with Gasteiger partial charge in [-0.1, -0.05) is 158 Å². The molecule has 9 nitrogen and oxygen atoms in total. The van der Waals surface area contributed by atoms with Crippen LogP contribution in [0.25, 0.3) is 182 Å². The van der Waals surface area contributed by atoms with Crippen molar-refractivity contribution in [3.05, 3.63) is 345 Å². The van der Waals surface area contributed by atoms with E-state index in [0.29, 0.717) is 11.3 Å². The third kappa shape index (κ3) is 9.22. The van der Waals surface area contributed by atoms with Crippen LogP contribution in [-0.2, 0) is 0 Å². The standard InChI is InChI=1S/C52H34N4.C38H20N4O/c1-3-18-41(47-22-9-11-30-53-47)39(16-1)35-26-28-51-45(32-35)43-20-5-7-24-49(43)55(51)37-14-13-15-38(34-37)56-50-25-8-6-21-44(50)46-33-36(27-29-52(46)56)40-17-2-4-19-42(40)48-23-10-12-31-54-48;1-40-24-11-15-36-30(19-24)28-7-3-5-9-34(28)42(36)26-13-17-38-32(21-26)31-20-25(12-16-37(31)43-38)41-33-8-4-2-6-27(33)29-18-23(22-39)10-14-35(29)41/h1-34H;2-21H. The van der Waals surface area contributed by atoms with E-state index in [1.165, 1.54) is 65.9 Å². The number of furan rings is 1. The number of nitriles is 1. The molecule has 20 rings (SSSR count). The molecule has 7 heterocycles. The van der Waals surface area contributed by atoms with E-state index in [1.54, 1.807) is 0 Å². The minimum atomic E-state index is 0.633. The van der Waals surface area contributed by atoms with Crippen LogP contribution in [0.1, 0.15) is 5.56 Å². The van der Waals surface area contributed by atoms with Gasteiger partial charge in [0.25, 0.3) is 0 Å². The number of rotatable bonds is 8. The molecule has 0 aliphatic rings. The number of nitrogens with zero attached hydrogens (tertiary/aromatic N) is 8. The average Bonchev–Trinajstić information content (AvgIpc) is 1.60. The van der Waals surface area contributed by atoms with Crippen LogP contribution in [0.2, 0.25) is 0 Å². The molecule has 13 aromatic carbocycles. The van der Waals surface area contributed by atoms with Crippen LogP contribution in [-0.4, -0.2) is 28.2 Å². The minimum Gasteiger partial charge on any atom is -0.456 e. The van der Waals surface area contributed by atoms with Crippen LogP contribution in [0.4, 0.5) is 5.69 Å². The molecule has 0 fully saturated rings. The summed E-state index contributed by atoms with van der Waals surface area (Å²) in [4.78, 5) is 13.0. The van der Waals surface area contributed by atoms with E-state index < -0.39 is 0 Å². The molecule has 0 saturated heterocycles. The maximum absolute atomic E-state index is 9.54.